The quantitative estimate of drug-likeness (QED) is 0.279. The van der Waals surface area contributed by atoms with Crippen molar-refractivity contribution in [2.75, 3.05) is 55.6 Å². The van der Waals surface area contributed by atoms with Crippen molar-refractivity contribution in [1.29, 1.82) is 5.26 Å². The zero-order valence-electron chi connectivity index (χ0n) is 34.3. The fraction of sp³-hybridized carbons (Fsp3) is 0.500. The highest BCUT2D eigenvalue weighted by Crippen LogP contribution is 2.59. The Bertz CT molecular complexity index is 2250. The van der Waals surface area contributed by atoms with Crippen LogP contribution in [0.2, 0.25) is 5.02 Å². The van der Waals surface area contributed by atoms with Crippen LogP contribution in [-0.4, -0.2) is 102 Å². The largest absolute Gasteiger partial charge is 0.489 e. The maximum Gasteiger partial charge on any atom is 0.255 e. The van der Waals surface area contributed by atoms with Gasteiger partial charge in [0, 0.05) is 111 Å². The van der Waals surface area contributed by atoms with E-state index in [1.165, 1.54) is 5.69 Å². The monoisotopic (exact) mass is 817 g/mol. The van der Waals surface area contributed by atoms with Gasteiger partial charge in [0.25, 0.3) is 11.8 Å². The van der Waals surface area contributed by atoms with Gasteiger partial charge in [0.15, 0.2) is 0 Å². The molecule has 1 atom stereocenters. The zero-order chi connectivity index (χ0) is 41.4. The van der Waals surface area contributed by atoms with E-state index >= 15 is 0 Å². The first kappa shape index (κ1) is 39.3. The summed E-state index contributed by atoms with van der Waals surface area (Å²) in [4.78, 5) is 62.3. The van der Waals surface area contributed by atoms with Crippen LogP contribution in [0.1, 0.15) is 90.8 Å². The van der Waals surface area contributed by atoms with Gasteiger partial charge >= 0.3 is 0 Å². The number of anilines is 2. The van der Waals surface area contributed by atoms with Crippen LogP contribution in [0.15, 0.2) is 54.6 Å². The van der Waals surface area contributed by atoms with Crippen molar-refractivity contribution >= 4 is 46.6 Å². The third-order valence-corrected chi connectivity index (χ3v) is 14.4. The smallest absolute Gasteiger partial charge is 0.255 e. The number of fused-ring (bicyclic) bond motifs is 2. The van der Waals surface area contributed by atoms with E-state index in [1.807, 2.05) is 18.2 Å². The molecule has 3 aromatic rings. The van der Waals surface area contributed by atoms with Crippen LogP contribution in [0.4, 0.5) is 11.4 Å². The average Bonchev–Trinajstić information content (AvgIpc) is 3.71. The summed E-state index contributed by atoms with van der Waals surface area (Å²) in [5, 5.41) is 12.0. The summed E-state index contributed by atoms with van der Waals surface area (Å²) in [6.45, 7) is 16.5. The lowest BCUT2D eigenvalue weighted by Crippen LogP contribution is -2.74. The van der Waals surface area contributed by atoms with E-state index in [9.17, 15) is 24.4 Å². The van der Waals surface area contributed by atoms with Crippen LogP contribution in [0.25, 0.3) is 0 Å². The first-order valence-corrected chi connectivity index (χ1v) is 21.4. The summed E-state index contributed by atoms with van der Waals surface area (Å²) >= 11 is 6.31. The number of nitrogens with zero attached hydrogens (tertiary/aromatic N) is 6. The first-order chi connectivity index (χ1) is 28.2. The summed E-state index contributed by atoms with van der Waals surface area (Å²) in [7, 11) is 0. The molecule has 13 heteroatoms. The van der Waals surface area contributed by atoms with Gasteiger partial charge in [0.1, 0.15) is 24.0 Å². The van der Waals surface area contributed by atoms with E-state index in [4.69, 9.17) is 16.3 Å². The van der Waals surface area contributed by atoms with Gasteiger partial charge in [-0.25, -0.2) is 0 Å². The molecule has 0 bridgehead atoms. The number of carbonyl (C=O) groups is 4. The number of piperidine rings is 2. The van der Waals surface area contributed by atoms with Gasteiger partial charge in [0.05, 0.1) is 10.6 Å². The molecule has 12 nitrogen and oxygen atoms in total. The number of hydrogen-bond acceptors (Lipinski definition) is 9. The second-order valence-electron chi connectivity index (χ2n) is 18.5. The van der Waals surface area contributed by atoms with Gasteiger partial charge < -0.3 is 24.3 Å². The van der Waals surface area contributed by atoms with Crippen LogP contribution >= 0.6 is 11.6 Å². The minimum atomic E-state index is -0.602. The fourth-order valence-electron chi connectivity index (χ4n) is 11.4. The number of ether oxygens (including phenoxy) is 1. The maximum atomic E-state index is 13.9. The molecule has 1 aliphatic carbocycles. The van der Waals surface area contributed by atoms with E-state index in [0.29, 0.717) is 47.3 Å². The van der Waals surface area contributed by atoms with Crippen LogP contribution < -0.4 is 19.9 Å². The summed E-state index contributed by atoms with van der Waals surface area (Å²) < 4.78 is 6.51. The van der Waals surface area contributed by atoms with Gasteiger partial charge in [-0.15, -0.1) is 0 Å². The van der Waals surface area contributed by atoms with Crippen molar-refractivity contribution < 1.29 is 23.9 Å². The Morgan fingerprint density at radius 3 is 1.95 bits per heavy atom. The Kier molecular flexibility index (Phi) is 9.91. The molecule has 1 saturated carbocycles. The molecule has 1 N–H and O–H groups in total. The summed E-state index contributed by atoms with van der Waals surface area (Å²) in [6.07, 6.45) is 2.72. The molecule has 59 heavy (non-hydrogen) atoms. The van der Waals surface area contributed by atoms with Crippen LogP contribution in [-0.2, 0) is 22.7 Å². The number of halogens is 1. The van der Waals surface area contributed by atoms with Crippen LogP contribution in [0.3, 0.4) is 0 Å². The lowest BCUT2D eigenvalue weighted by atomic mass is 9.49. The Balaban J connectivity index is 0.759. The molecule has 5 heterocycles. The van der Waals surface area contributed by atoms with Crippen molar-refractivity contribution in [3.63, 3.8) is 0 Å². The Labute approximate surface area is 351 Å². The highest BCUT2D eigenvalue weighted by Gasteiger charge is 2.67. The van der Waals surface area contributed by atoms with Gasteiger partial charge in [0.2, 0.25) is 11.8 Å². The van der Waals surface area contributed by atoms with Gasteiger partial charge in [-0.1, -0.05) is 39.3 Å². The number of nitriles is 1. The van der Waals surface area contributed by atoms with E-state index in [0.717, 1.165) is 81.0 Å². The van der Waals surface area contributed by atoms with Crippen LogP contribution in [0.5, 0.6) is 5.75 Å². The second kappa shape index (κ2) is 14.9. The van der Waals surface area contributed by atoms with Crippen molar-refractivity contribution in [1.82, 2.24) is 20.0 Å². The number of amides is 4. The third-order valence-electron chi connectivity index (χ3n) is 14.0. The number of nitrogens with one attached hydrogen (secondary N) is 1. The summed E-state index contributed by atoms with van der Waals surface area (Å²) in [6, 6.07) is 19.1. The van der Waals surface area contributed by atoms with Gasteiger partial charge in [-0.05, 0) is 84.8 Å². The molecular formula is C46H52ClN7O5. The van der Waals surface area contributed by atoms with Crippen LogP contribution in [0, 0.1) is 28.1 Å². The molecule has 308 valence electrons. The number of piperazine rings is 1. The Morgan fingerprint density at radius 2 is 1.36 bits per heavy atom. The number of carbonyl (C=O) groups excluding carboxylic acids is 4. The first-order valence-electron chi connectivity index (χ1n) is 21.0. The number of imide groups is 1. The van der Waals surface area contributed by atoms with E-state index < -0.39 is 6.04 Å². The lowest BCUT2D eigenvalue weighted by Gasteiger charge is -2.65. The Hall–Kier alpha value is -5.12. The molecule has 1 unspecified atom stereocenters. The number of benzene rings is 3. The highest BCUT2D eigenvalue weighted by molar-refractivity contribution is 6.31. The topological polar surface area (TPSA) is 130 Å². The molecular weight excluding hydrogens is 766 g/mol. The minimum Gasteiger partial charge on any atom is -0.489 e. The summed E-state index contributed by atoms with van der Waals surface area (Å²) in [5.74, 6) is 0.541. The molecule has 5 aliphatic heterocycles. The van der Waals surface area contributed by atoms with Crippen molar-refractivity contribution in [3.8, 4) is 11.8 Å². The highest BCUT2D eigenvalue weighted by atomic mass is 35.5. The molecule has 4 fully saturated rings. The molecule has 3 saturated heterocycles. The van der Waals surface area contributed by atoms with Gasteiger partial charge in [-0.2, -0.15) is 5.26 Å². The van der Waals surface area contributed by atoms with Crippen molar-refractivity contribution in [3.05, 3.63) is 87.4 Å². The molecule has 4 amide bonds. The van der Waals surface area contributed by atoms with Crippen molar-refractivity contribution in [2.45, 2.75) is 84.7 Å². The van der Waals surface area contributed by atoms with E-state index in [2.05, 4.69) is 76.9 Å². The van der Waals surface area contributed by atoms with Gasteiger partial charge in [-0.3, -0.25) is 29.4 Å². The molecule has 6 aliphatic rings. The average molecular weight is 818 g/mol. The molecule has 0 aromatic heterocycles. The normalized spacial score (nSPS) is 25.4. The molecule has 9 rings (SSSR count). The number of hydrogen-bond donors (Lipinski definition) is 1. The van der Waals surface area contributed by atoms with Crippen molar-refractivity contribution in [2.24, 2.45) is 16.7 Å². The molecule has 3 aromatic carbocycles. The summed E-state index contributed by atoms with van der Waals surface area (Å²) in [5.41, 5.74) is 5.55. The third kappa shape index (κ3) is 6.90. The maximum absolute atomic E-state index is 13.9. The van der Waals surface area contributed by atoms with E-state index in [1.54, 1.807) is 23.1 Å². The predicted octanol–water partition coefficient (Wildman–Crippen LogP) is 5.85. The standard InChI is InChI=1S/C46H52ClN7O5/c1-45(2)43(46(3,4)44(45)59-34-8-5-29(24-48)37(47)23-34)54-27-31-22-32(6-10-36(31)42(54)58)51-15-13-28(14-16-51)25-50-17-19-52(20-18-50)33-7-9-35-30(21-33)26-53(41(35)57)38-11-12-39(55)49-40(38)56/h5-10,21-23,28,38,43-44H,11-20,25-27H2,1-4H3,(H,49,55,56). The second-order valence-corrected chi connectivity index (χ2v) is 18.9. The minimum absolute atomic E-state index is 0.0216. The number of rotatable bonds is 8. The Morgan fingerprint density at radius 1 is 0.763 bits per heavy atom. The SMILES string of the molecule is CC1(C)C(Oc2ccc(C#N)c(Cl)c2)C(C)(C)C1N1Cc2cc(N3CCC(CN4CCN(c5ccc6c(c5)CN(C5CCC(=O)NC5=O)C6=O)CC4)CC3)ccc2C1=O. The zero-order valence-corrected chi connectivity index (χ0v) is 35.1. The molecule has 0 spiro atoms. The predicted molar refractivity (Wildman–Crippen MR) is 224 cm³/mol. The van der Waals surface area contributed by atoms with E-state index in [-0.39, 0.29) is 53.0 Å². The molecule has 0 radical (unpaired) electrons. The lowest BCUT2D eigenvalue weighted by molar-refractivity contribution is -0.199. The fourth-order valence-corrected chi connectivity index (χ4v) is 11.6.